The zero-order chi connectivity index (χ0) is 23.0. The number of carbonyl (C=O) groups excluding carboxylic acids is 3. The summed E-state index contributed by atoms with van der Waals surface area (Å²) in [5.74, 6) is -1.43. The number of carbonyl (C=O) groups is 3. The van der Waals surface area contributed by atoms with Crippen LogP contribution >= 0.6 is 0 Å². The first-order chi connectivity index (χ1) is 14.4. The zero-order valence-corrected chi connectivity index (χ0v) is 17.1. The van der Waals surface area contributed by atoms with Gasteiger partial charge in [0.05, 0.1) is 16.9 Å². The Morgan fingerprint density at radius 1 is 1.13 bits per heavy atom. The number of halogens is 3. The molecule has 0 spiro atoms. The van der Waals surface area contributed by atoms with E-state index in [9.17, 15) is 27.6 Å². The summed E-state index contributed by atoms with van der Waals surface area (Å²) in [6, 6.07) is 10.7. The van der Waals surface area contributed by atoms with Crippen molar-refractivity contribution in [2.45, 2.75) is 18.6 Å². The molecule has 164 valence electrons. The van der Waals surface area contributed by atoms with Gasteiger partial charge >= 0.3 is 12.2 Å². The van der Waals surface area contributed by atoms with Gasteiger partial charge in [0.2, 0.25) is 5.91 Å². The molecule has 2 aromatic rings. The Morgan fingerprint density at radius 2 is 1.77 bits per heavy atom. The first-order valence-corrected chi connectivity index (χ1v) is 9.31. The van der Waals surface area contributed by atoms with E-state index in [0.29, 0.717) is 11.3 Å². The Bertz CT molecular complexity index is 1020. The van der Waals surface area contributed by atoms with E-state index in [-0.39, 0.29) is 5.69 Å². The maximum atomic E-state index is 13.1. The second kappa shape index (κ2) is 7.93. The molecule has 2 aromatic carbocycles. The van der Waals surface area contributed by atoms with E-state index in [2.05, 4.69) is 10.6 Å². The fraction of sp³-hybridized carbons (Fsp3) is 0.286. The summed E-state index contributed by atoms with van der Waals surface area (Å²) in [7, 11) is 3.22. The maximum absolute atomic E-state index is 13.1. The summed E-state index contributed by atoms with van der Waals surface area (Å²) < 4.78 is 39.2. The topological polar surface area (TPSA) is 81.8 Å². The van der Waals surface area contributed by atoms with E-state index < -0.39 is 41.7 Å². The lowest BCUT2D eigenvalue weighted by atomic mass is 9.92. The molecule has 0 saturated carbocycles. The number of imide groups is 1. The minimum Gasteiger partial charge on any atom is -0.376 e. The van der Waals surface area contributed by atoms with E-state index in [1.807, 2.05) is 0 Å². The van der Waals surface area contributed by atoms with Crippen molar-refractivity contribution in [1.29, 1.82) is 0 Å². The second-order valence-electron chi connectivity index (χ2n) is 7.48. The smallest absolute Gasteiger partial charge is 0.376 e. The van der Waals surface area contributed by atoms with Crippen molar-refractivity contribution < 1.29 is 27.6 Å². The molecule has 0 aromatic heterocycles. The SMILES string of the molecule is CN(C)c1ccc(C(F)(F)F)cc1NC(=O)CN1C(=O)NC(C)(c2ccccc2)C1=O. The summed E-state index contributed by atoms with van der Waals surface area (Å²) in [5, 5.41) is 4.96. The molecule has 3 rings (SSSR count). The van der Waals surface area contributed by atoms with Crippen molar-refractivity contribution in [1.82, 2.24) is 10.2 Å². The highest BCUT2D eigenvalue weighted by Gasteiger charge is 2.49. The standard InChI is InChI=1S/C21H21F3N4O3/c1-20(13-7-5-4-6-8-13)18(30)28(19(31)26-20)12-17(29)25-15-11-14(21(22,23)24)9-10-16(15)27(2)3/h4-11H,12H2,1-3H3,(H,25,29)(H,26,31). The third kappa shape index (κ3) is 4.32. The van der Waals surface area contributed by atoms with Crippen LogP contribution in [-0.4, -0.2) is 43.4 Å². The number of amides is 4. The molecule has 7 nitrogen and oxygen atoms in total. The molecule has 1 fully saturated rings. The summed E-state index contributed by atoms with van der Waals surface area (Å²) >= 11 is 0. The van der Waals surface area contributed by atoms with Crippen LogP contribution in [0.2, 0.25) is 0 Å². The molecule has 1 aliphatic rings. The molecular weight excluding hydrogens is 413 g/mol. The molecular formula is C21H21F3N4O3. The quantitative estimate of drug-likeness (QED) is 0.709. The fourth-order valence-corrected chi connectivity index (χ4v) is 3.34. The Balaban J connectivity index is 1.81. The molecule has 2 N–H and O–H groups in total. The van der Waals surface area contributed by atoms with Gasteiger partial charge in [0.1, 0.15) is 12.1 Å². The predicted octanol–water partition coefficient (Wildman–Crippen LogP) is 3.18. The molecule has 0 bridgehead atoms. The zero-order valence-electron chi connectivity index (χ0n) is 17.1. The minimum absolute atomic E-state index is 0.0808. The fourth-order valence-electron chi connectivity index (χ4n) is 3.34. The summed E-state index contributed by atoms with van der Waals surface area (Å²) in [5.41, 5.74) is -1.47. The highest BCUT2D eigenvalue weighted by Crippen LogP contribution is 2.35. The Labute approximate surface area is 176 Å². The highest BCUT2D eigenvalue weighted by molar-refractivity contribution is 6.10. The third-order valence-corrected chi connectivity index (χ3v) is 5.01. The van der Waals surface area contributed by atoms with E-state index >= 15 is 0 Å². The van der Waals surface area contributed by atoms with Crippen molar-refractivity contribution in [3.63, 3.8) is 0 Å². The molecule has 1 saturated heterocycles. The van der Waals surface area contributed by atoms with Crippen molar-refractivity contribution in [3.05, 3.63) is 59.7 Å². The van der Waals surface area contributed by atoms with Gasteiger partial charge in [0.15, 0.2) is 0 Å². The van der Waals surface area contributed by atoms with Crippen molar-refractivity contribution >= 4 is 29.2 Å². The van der Waals surface area contributed by atoms with E-state index in [1.165, 1.54) is 17.9 Å². The predicted molar refractivity (Wildman–Crippen MR) is 108 cm³/mol. The van der Waals surface area contributed by atoms with E-state index in [4.69, 9.17) is 0 Å². The number of anilines is 2. The number of hydrogen-bond acceptors (Lipinski definition) is 4. The molecule has 10 heteroatoms. The largest absolute Gasteiger partial charge is 0.416 e. The first kappa shape index (κ1) is 22.1. The highest BCUT2D eigenvalue weighted by atomic mass is 19.4. The van der Waals surface area contributed by atoms with Crippen LogP contribution in [0.15, 0.2) is 48.5 Å². The van der Waals surface area contributed by atoms with Gasteiger partial charge in [-0.1, -0.05) is 30.3 Å². The average Bonchev–Trinajstić information content (AvgIpc) is 2.91. The van der Waals surface area contributed by atoms with Gasteiger partial charge in [-0.25, -0.2) is 4.79 Å². The summed E-state index contributed by atoms with van der Waals surface area (Å²) in [6.07, 6.45) is -4.59. The number of urea groups is 1. The molecule has 4 amide bonds. The molecule has 1 aliphatic heterocycles. The monoisotopic (exact) mass is 434 g/mol. The number of nitrogens with zero attached hydrogens (tertiary/aromatic N) is 2. The summed E-state index contributed by atoms with van der Waals surface area (Å²) in [6.45, 7) is 0.883. The van der Waals surface area contributed by atoms with Gasteiger partial charge in [-0.3, -0.25) is 14.5 Å². The van der Waals surface area contributed by atoms with Crippen LogP contribution in [0.3, 0.4) is 0 Å². The second-order valence-corrected chi connectivity index (χ2v) is 7.48. The van der Waals surface area contributed by atoms with Crippen LogP contribution in [0.1, 0.15) is 18.1 Å². The molecule has 31 heavy (non-hydrogen) atoms. The molecule has 1 atom stereocenters. The van der Waals surface area contributed by atoms with Gasteiger partial charge in [-0.05, 0) is 30.7 Å². The van der Waals surface area contributed by atoms with E-state index in [1.54, 1.807) is 44.4 Å². The lowest BCUT2D eigenvalue weighted by Gasteiger charge is -2.22. The maximum Gasteiger partial charge on any atom is 0.416 e. The molecule has 1 heterocycles. The molecule has 1 unspecified atom stereocenters. The van der Waals surface area contributed by atoms with Gasteiger partial charge in [0, 0.05) is 14.1 Å². The number of rotatable bonds is 5. The lowest BCUT2D eigenvalue weighted by molar-refractivity contribution is -0.137. The normalized spacial score (nSPS) is 18.7. The van der Waals surface area contributed by atoms with Gasteiger partial charge in [-0.2, -0.15) is 13.2 Å². The number of alkyl halides is 3. The Hall–Kier alpha value is -3.56. The van der Waals surface area contributed by atoms with Crippen LogP contribution in [-0.2, 0) is 21.3 Å². The van der Waals surface area contributed by atoms with Crippen molar-refractivity contribution in [2.24, 2.45) is 0 Å². The van der Waals surface area contributed by atoms with Crippen LogP contribution in [0, 0.1) is 0 Å². The first-order valence-electron chi connectivity index (χ1n) is 9.31. The molecule has 0 radical (unpaired) electrons. The Kier molecular flexibility index (Phi) is 5.66. The van der Waals surface area contributed by atoms with Crippen molar-refractivity contribution in [3.8, 4) is 0 Å². The van der Waals surface area contributed by atoms with E-state index in [0.717, 1.165) is 17.0 Å². The summed E-state index contributed by atoms with van der Waals surface area (Å²) in [4.78, 5) is 40.1. The van der Waals surface area contributed by atoms with Crippen LogP contribution in [0.25, 0.3) is 0 Å². The lowest BCUT2D eigenvalue weighted by Crippen LogP contribution is -2.42. The average molecular weight is 434 g/mol. The van der Waals surface area contributed by atoms with Gasteiger partial charge in [0.25, 0.3) is 5.91 Å². The molecule has 0 aliphatic carbocycles. The van der Waals surface area contributed by atoms with Gasteiger partial charge < -0.3 is 15.5 Å². The van der Waals surface area contributed by atoms with Gasteiger partial charge in [-0.15, -0.1) is 0 Å². The minimum atomic E-state index is -4.59. The van der Waals surface area contributed by atoms with Crippen molar-refractivity contribution in [2.75, 3.05) is 30.9 Å². The third-order valence-electron chi connectivity index (χ3n) is 5.01. The number of benzene rings is 2. The van der Waals surface area contributed by atoms with Crippen LogP contribution in [0.4, 0.5) is 29.3 Å². The van der Waals surface area contributed by atoms with Crippen LogP contribution < -0.4 is 15.5 Å². The number of hydrogen-bond donors (Lipinski definition) is 2. The van der Waals surface area contributed by atoms with Crippen LogP contribution in [0.5, 0.6) is 0 Å². The number of nitrogens with one attached hydrogen (secondary N) is 2. The Morgan fingerprint density at radius 3 is 2.35 bits per heavy atom.